The summed E-state index contributed by atoms with van der Waals surface area (Å²) in [5.74, 6) is 1.49. The van der Waals surface area contributed by atoms with Gasteiger partial charge in [-0.05, 0) is 75.9 Å². The first-order valence-corrected chi connectivity index (χ1v) is 13.6. The number of nitrogens with zero attached hydrogens (tertiary/aromatic N) is 5. The minimum Gasteiger partial charge on any atom is -0.377 e. The van der Waals surface area contributed by atoms with E-state index in [1.54, 1.807) is 6.92 Å². The summed E-state index contributed by atoms with van der Waals surface area (Å²) in [6.45, 7) is 13.6. The number of nitrogens with one attached hydrogen (secondary N) is 1. The van der Waals surface area contributed by atoms with Gasteiger partial charge in [-0.25, -0.2) is 13.9 Å². The molecule has 2 atom stereocenters. The number of fused-ring (bicyclic) bond motifs is 1. The highest BCUT2D eigenvalue weighted by Crippen LogP contribution is 2.36. The molecule has 1 aliphatic carbocycles. The minimum absolute atomic E-state index is 0. The number of alkyl halides is 1. The molecule has 2 unspecified atom stereocenters. The van der Waals surface area contributed by atoms with E-state index in [-0.39, 0.29) is 6.97 Å². The van der Waals surface area contributed by atoms with E-state index in [2.05, 4.69) is 78.0 Å². The van der Waals surface area contributed by atoms with Crippen molar-refractivity contribution in [1.82, 2.24) is 19.5 Å². The lowest BCUT2D eigenvalue weighted by Gasteiger charge is -2.51. The van der Waals surface area contributed by atoms with Crippen molar-refractivity contribution >= 4 is 22.7 Å². The van der Waals surface area contributed by atoms with Crippen molar-refractivity contribution in [1.29, 1.82) is 0 Å². The third-order valence-corrected chi connectivity index (χ3v) is 8.00. The summed E-state index contributed by atoms with van der Waals surface area (Å²) in [7, 11) is 1.81. The van der Waals surface area contributed by atoms with Crippen molar-refractivity contribution in [3.63, 3.8) is 0 Å². The zero-order valence-electron chi connectivity index (χ0n) is 23.4. The van der Waals surface area contributed by atoms with Crippen molar-refractivity contribution in [2.75, 3.05) is 38.7 Å². The van der Waals surface area contributed by atoms with Crippen LogP contribution in [-0.4, -0.2) is 69.8 Å². The topological polar surface area (TPSA) is 67.0 Å². The van der Waals surface area contributed by atoms with Gasteiger partial charge in [-0.2, -0.15) is 0 Å². The quantitative estimate of drug-likeness (QED) is 0.522. The molecule has 2 saturated heterocycles. The minimum atomic E-state index is -0.989. The largest absolute Gasteiger partial charge is 0.377 e. The van der Waals surface area contributed by atoms with Gasteiger partial charge in [0.2, 0.25) is 5.95 Å². The second-order valence-electron chi connectivity index (χ2n) is 11.7. The molecule has 8 heteroatoms. The van der Waals surface area contributed by atoms with Crippen molar-refractivity contribution in [2.24, 2.45) is 16.8 Å². The molecule has 0 bridgehead atoms. The Hall–Kier alpha value is -3.06. The Morgan fingerprint density at radius 1 is 1.26 bits per heavy atom. The molecule has 0 amide bonds. The third kappa shape index (κ3) is 5.13. The van der Waals surface area contributed by atoms with Gasteiger partial charge in [0.1, 0.15) is 5.67 Å². The molecular formula is C30H41FN6O. The zero-order chi connectivity index (χ0) is 27.1. The fourth-order valence-corrected chi connectivity index (χ4v) is 5.86. The maximum atomic E-state index is 13.7. The van der Waals surface area contributed by atoms with Crippen LogP contribution in [0.4, 0.5) is 10.3 Å². The van der Waals surface area contributed by atoms with Crippen LogP contribution in [0.15, 0.2) is 58.7 Å². The van der Waals surface area contributed by atoms with Gasteiger partial charge in [-0.15, -0.1) is 10.8 Å². The zero-order valence-corrected chi connectivity index (χ0v) is 23.4. The van der Waals surface area contributed by atoms with E-state index >= 15 is 0 Å². The molecule has 0 spiro atoms. The van der Waals surface area contributed by atoms with E-state index in [4.69, 9.17) is 9.73 Å². The predicted octanol–water partition coefficient (Wildman–Crippen LogP) is 5.73. The van der Waals surface area contributed by atoms with Crippen LogP contribution in [0.2, 0.25) is 0 Å². The first-order valence-electron chi connectivity index (χ1n) is 13.6. The average molecular weight is 521 g/mol. The van der Waals surface area contributed by atoms with E-state index in [0.717, 1.165) is 48.5 Å². The van der Waals surface area contributed by atoms with Crippen LogP contribution < -0.4 is 5.32 Å². The highest BCUT2D eigenvalue weighted by Gasteiger charge is 2.44. The normalized spacial score (nSPS) is 26.4. The Morgan fingerprint density at radius 2 is 2.05 bits per heavy atom. The van der Waals surface area contributed by atoms with Crippen LogP contribution in [0.5, 0.6) is 0 Å². The number of aromatic nitrogens is 3. The molecule has 0 saturated carbocycles. The summed E-state index contributed by atoms with van der Waals surface area (Å²) >= 11 is 0. The third-order valence-electron chi connectivity index (χ3n) is 8.00. The fraction of sp³-hybridized carbons (Fsp3) is 0.533. The van der Waals surface area contributed by atoms with E-state index < -0.39 is 5.67 Å². The standard InChI is InChI=1S/C20H21N5.C10H18FNO.H2/c1-12(2)19-13(3)23-17-8-6-14(5-7-16(17)19)15-9-10-25-18(15)11-22-20(21-4)24-25;1-9(11)4-3-5-12(6-9)10(2)7-13-8-10;/h6-12,19H,1-4H3,(H,21,24);3-8H2,1-2H3;1H. The number of ether oxygens (including phenoxy) is 1. The van der Waals surface area contributed by atoms with E-state index in [1.165, 1.54) is 11.3 Å². The molecule has 6 rings (SSSR count). The van der Waals surface area contributed by atoms with Crippen LogP contribution in [0.3, 0.4) is 0 Å². The van der Waals surface area contributed by atoms with Crippen molar-refractivity contribution in [3.8, 4) is 0 Å². The number of hydrogen-bond donors (Lipinski definition) is 1. The number of rotatable bonds is 4. The van der Waals surface area contributed by atoms with Gasteiger partial charge in [0.25, 0.3) is 0 Å². The lowest BCUT2D eigenvalue weighted by atomic mass is 9.85. The van der Waals surface area contributed by atoms with Gasteiger partial charge in [0.05, 0.1) is 36.2 Å². The monoisotopic (exact) mass is 520 g/mol. The van der Waals surface area contributed by atoms with Gasteiger partial charge >= 0.3 is 0 Å². The number of halogens is 1. The smallest absolute Gasteiger partial charge is 0.240 e. The van der Waals surface area contributed by atoms with E-state index in [9.17, 15) is 4.39 Å². The maximum Gasteiger partial charge on any atom is 0.240 e. The van der Waals surface area contributed by atoms with Gasteiger partial charge < -0.3 is 10.1 Å². The van der Waals surface area contributed by atoms with Crippen LogP contribution >= 0.6 is 0 Å². The Morgan fingerprint density at radius 3 is 2.71 bits per heavy atom. The molecule has 0 radical (unpaired) electrons. The van der Waals surface area contributed by atoms with Gasteiger partial charge in [0, 0.05) is 44.0 Å². The van der Waals surface area contributed by atoms with E-state index in [1.807, 2.05) is 24.0 Å². The van der Waals surface area contributed by atoms with Crippen molar-refractivity contribution < 1.29 is 10.6 Å². The first-order chi connectivity index (χ1) is 18.1. The fourth-order valence-electron chi connectivity index (χ4n) is 5.86. The number of aliphatic imine (C=N–C) groups is 1. The first kappa shape index (κ1) is 26.5. The molecule has 5 heterocycles. The second-order valence-corrected chi connectivity index (χ2v) is 11.7. The highest BCUT2D eigenvalue weighted by molar-refractivity contribution is 5.93. The molecule has 38 heavy (non-hydrogen) atoms. The summed E-state index contributed by atoms with van der Waals surface area (Å²) in [5, 5.41) is 7.38. The number of hydrogen-bond acceptors (Lipinski definition) is 6. The number of allylic oxidation sites excluding steroid dienone is 4. The Labute approximate surface area is 226 Å². The molecule has 3 aliphatic heterocycles. The van der Waals surface area contributed by atoms with Crippen LogP contribution in [0.1, 0.15) is 54.5 Å². The summed E-state index contributed by atoms with van der Waals surface area (Å²) in [4.78, 5) is 11.3. The number of piperidine rings is 1. The van der Waals surface area contributed by atoms with Crippen molar-refractivity contribution in [3.05, 3.63) is 59.3 Å². The molecule has 204 valence electrons. The van der Waals surface area contributed by atoms with Crippen LogP contribution in [0.25, 0.3) is 11.1 Å². The average Bonchev–Trinajstić information content (AvgIpc) is 3.36. The molecule has 2 aromatic rings. The van der Waals surface area contributed by atoms with E-state index in [0.29, 0.717) is 30.7 Å². The summed E-state index contributed by atoms with van der Waals surface area (Å²) in [6.07, 6.45) is 11.7. The predicted molar refractivity (Wildman–Crippen MR) is 153 cm³/mol. The SMILES string of the molecule is CC1(F)CCCN(C2(C)COC2)C1.CNc1ncc2c(C3=C=CC4=C(C=C3)N=C(C)C4C(C)C)ccn2n1.[HH]. The molecule has 4 aliphatic rings. The Balaban J connectivity index is 0.000000213. The highest BCUT2D eigenvalue weighted by atomic mass is 19.1. The maximum absolute atomic E-state index is 13.7. The van der Waals surface area contributed by atoms with Gasteiger partial charge in [-0.1, -0.05) is 13.8 Å². The Kier molecular flexibility index (Phi) is 7.16. The van der Waals surface area contributed by atoms with Crippen LogP contribution in [0, 0.1) is 11.8 Å². The summed E-state index contributed by atoms with van der Waals surface area (Å²) in [5.41, 5.74) is 9.15. The molecule has 1 N–H and O–H groups in total. The number of likely N-dealkylation sites (tertiary alicyclic amines) is 1. The second kappa shape index (κ2) is 10.3. The van der Waals surface area contributed by atoms with Gasteiger partial charge in [-0.3, -0.25) is 9.89 Å². The summed E-state index contributed by atoms with van der Waals surface area (Å²) in [6, 6.07) is 2.05. The molecule has 7 nitrogen and oxygen atoms in total. The molecule has 2 fully saturated rings. The van der Waals surface area contributed by atoms with Crippen LogP contribution in [-0.2, 0) is 4.74 Å². The molecule has 2 aromatic heterocycles. The van der Waals surface area contributed by atoms with Gasteiger partial charge in [0.15, 0.2) is 0 Å². The van der Waals surface area contributed by atoms with Crippen molar-refractivity contribution in [2.45, 2.75) is 58.7 Å². The molecule has 0 aromatic carbocycles. The lowest BCUT2D eigenvalue weighted by Crippen LogP contribution is -2.64. The molecular weight excluding hydrogens is 479 g/mol. The summed E-state index contributed by atoms with van der Waals surface area (Å²) < 4.78 is 20.8. The Bertz CT molecular complexity index is 1380. The number of anilines is 1. The lowest BCUT2D eigenvalue weighted by molar-refractivity contribution is -0.149.